The molecule has 5 nitrogen and oxygen atoms in total. The van der Waals surface area contributed by atoms with Crippen LogP contribution < -0.4 is 0 Å². The summed E-state index contributed by atoms with van der Waals surface area (Å²) in [6.45, 7) is 3.53. The highest BCUT2D eigenvalue weighted by molar-refractivity contribution is 7.99. The number of ether oxygens (including phenoxy) is 3. The van der Waals surface area contributed by atoms with Gasteiger partial charge in [0.1, 0.15) is 18.8 Å². The van der Waals surface area contributed by atoms with E-state index in [9.17, 15) is 9.59 Å². The van der Waals surface area contributed by atoms with Gasteiger partial charge in [0, 0.05) is 23.7 Å². The number of thioether (sulfide) groups is 1. The van der Waals surface area contributed by atoms with E-state index in [2.05, 4.69) is 24.3 Å². The summed E-state index contributed by atoms with van der Waals surface area (Å²) in [4.78, 5) is 23.7. The molecule has 1 unspecified atom stereocenters. The zero-order chi connectivity index (χ0) is 18.6. The SMILES string of the molecule is CCC(=O)CC(=O)OCCSc1ccc(CCOC2CCCCO2)cc1. The van der Waals surface area contributed by atoms with Gasteiger partial charge in [-0.2, -0.15) is 0 Å². The van der Waals surface area contributed by atoms with Crippen molar-refractivity contribution in [1.29, 1.82) is 0 Å². The number of carbonyl (C=O) groups is 2. The molecule has 0 amide bonds. The first kappa shape index (κ1) is 20.9. The molecule has 6 heteroatoms. The normalized spacial score (nSPS) is 17.0. The van der Waals surface area contributed by atoms with Crippen molar-refractivity contribution in [3.63, 3.8) is 0 Å². The van der Waals surface area contributed by atoms with Crippen molar-refractivity contribution in [2.45, 2.75) is 56.6 Å². The monoisotopic (exact) mass is 380 g/mol. The molecule has 26 heavy (non-hydrogen) atoms. The first-order valence-corrected chi connectivity index (χ1v) is 10.3. The molecule has 1 fully saturated rings. The first-order chi connectivity index (χ1) is 12.7. The third-order valence-electron chi connectivity index (χ3n) is 4.11. The van der Waals surface area contributed by atoms with Crippen LogP contribution in [0, 0.1) is 0 Å². The van der Waals surface area contributed by atoms with Gasteiger partial charge in [-0.3, -0.25) is 9.59 Å². The van der Waals surface area contributed by atoms with Crippen LogP contribution in [0.5, 0.6) is 0 Å². The van der Waals surface area contributed by atoms with E-state index in [4.69, 9.17) is 14.2 Å². The summed E-state index contributed by atoms with van der Waals surface area (Å²) < 4.78 is 16.4. The third-order valence-corrected chi connectivity index (χ3v) is 5.08. The summed E-state index contributed by atoms with van der Waals surface area (Å²) in [5.41, 5.74) is 1.23. The number of hydrogen-bond donors (Lipinski definition) is 0. The van der Waals surface area contributed by atoms with Gasteiger partial charge < -0.3 is 14.2 Å². The summed E-state index contributed by atoms with van der Waals surface area (Å²) in [6, 6.07) is 8.33. The zero-order valence-corrected chi connectivity index (χ0v) is 16.2. The van der Waals surface area contributed by atoms with Crippen molar-refractivity contribution >= 4 is 23.5 Å². The number of hydrogen-bond acceptors (Lipinski definition) is 6. The minimum atomic E-state index is -0.435. The first-order valence-electron chi connectivity index (χ1n) is 9.29. The Hall–Kier alpha value is -1.37. The average Bonchev–Trinajstić information content (AvgIpc) is 2.67. The second-order valence-electron chi connectivity index (χ2n) is 6.20. The van der Waals surface area contributed by atoms with Crippen LogP contribution >= 0.6 is 11.8 Å². The Bertz CT molecular complexity index is 552. The molecule has 1 aliphatic heterocycles. The highest BCUT2D eigenvalue weighted by atomic mass is 32.2. The number of esters is 1. The lowest BCUT2D eigenvalue weighted by molar-refractivity contribution is -0.161. The average molecular weight is 381 g/mol. The molecule has 0 saturated carbocycles. The molecule has 0 aromatic heterocycles. The molecule has 1 saturated heterocycles. The van der Waals surface area contributed by atoms with E-state index >= 15 is 0 Å². The number of carbonyl (C=O) groups excluding carboxylic acids is 2. The molecular weight excluding hydrogens is 352 g/mol. The Morgan fingerprint density at radius 3 is 2.69 bits per heavy atom. The molecule has 1 aliphatic rings. The second-order valence-corrected chi connectivity index (χ2v) is 7.37. The van der Waals surface area contributed by atoms with Crippen LogP contribution in [0.2, 0.25) is 0 Å². The van der Waals surface area contributed by atoms with Gasteiger partial charge in [0.2, 0.25) is 0 Å². The van der Waals surface area contributed by atoms with E-state index in [1.54, 1.807) is 18.7 Å². The van der Waals surface area contributed by atoms with E-state index in [0.29, 0.717) is 25.4 Å². The van der Waals surface area contributed by atoms with Crippen molar-refractivity contribution in [2.75, 3.05) is 25.6 Å². The Morgan fingerprint density at radius 2 is 2.00 bits per heavy atom. The van der Waals surface area contributed by atoms with Crippen LogP contribution in [0.15, 0.2) is 29.2 Å². The summed E-state index contributed by atoms with van der Waals surface area (Å²) in [6.07, 6.45) is 4.39. The van der Waals surface area contributed by atoms with Crippen LogP contribution in [0.25, 0.3) is 0 Å². The molecule has 0 radical (unpaired) electrons. The topological polar surface area (TPSA) is 61.8 Å². The zero-order valence-electron chi connectivity index (χ0n) is 15.4. The quantitative estimate of drug-likeness (QED) is 0.252. The lowest BCUT2D eigenvalue weighted by Gasteiger charge is -2.22. The Kier molecular flexibility index (Phi) is 9.74. The van der Waals surface area contributed by atoms with Gasteiger partial charge in [-0.15, -0.1) is 11.8 Å². The van der Waals surface area contributed by atoms with Gasteiger partial charge in [-0.1, -0.05) is 19.1 Å². The molecule has 0 N–H and O–H groups in total. The van der Waals surface area contributed by atoms with Gasteiger partial charge in [0.05, 0.1) is 6.61 Å². The molecule has 2 rings (SSSR count). The lowest BCUT2D eigenvalue weighted by Crippen LogP contribution is -2.23. The van der Waals surface area contributed by atoms with E-state index < -0.39 is 5.97 Å². The predicted molar refractivity (Wildman–Crippen MR) is 101 cm³/mol. The fourth-order valence-electron chi connectivity index (χ4n) is 2.56. The summed E-state index contributed by atoms with van der Waals surface area (Å²) in [5.74, 6) is 0.153. The lowest BCUT2D eigenvalue weighted by atomic mass is 10.1. The van der Waals surface area contributed by atoms with Gasteiger partial charge in [0.15, 0.2) is 6.29 Å². The fourth-order valence-corrected chi connectivity index (χ4v) is 3.29. The van der Waals surface area contributed by atoms with Crippen LogP contribution in [0.3, 0.4) is 0 Å². The maximum Gasteiger partial charge on any atom is 0.313 e. The smallest absolute Gasteiger partial charge is 0.313 e. The number of Topliss-reactive ketones (excluding diaryl/α,β-unsaturated/α-hetero) is 1. The highest BCUT2D eigenvalue weighted by Crippen LogP contribution is 2.19. The van der Waals surface area contributed by atoms with Crippen molar-refractivity contribution in [3.8, 4) is 0 Å². The number of ketones is 1. The van der Waals surface area contributed by atoms with Gasteiger partial charge >= 0.3 is 5.97 Å². The Morgan fingerprint density at radius 1 is 1.19 bits per heavy atom. The van der Waals surface area contributed by atoms with Crippen molar-refractivity contribution in [2.24, 2.45) is 0 Å². The molecule has 1 aromatic rings. The van der Waals surface area contributed by atoms with Crippen LogP contribution in [-0.4, -0.2) is 43.6 Å². The minimum Gasteiger partial charge on any atom is -0.464 e. The molecular formula is C20H28O5S. The summed E-state index contributed by atoms with van der Waals surface area (Å²) >= 11 is 1.63. The van der Waals surface area contributed by atoms with E-state index in [-0.39, 0.29) is 18.5 Å². The van der Waals surface area contributed by atoms with Gasteiger partial charge in [0.25, 0.3) is 0 Å². The summed E-state index contributed by atoms with van der Waals surface area (Å²) in [5, 5.41) is 0. The second kappa shape index (κ2) is 12.1. The molecule has 144 valence electrons. The molecule has 0 bridgehead atoms. The van der Waals surface area contributed by atoms with E-state index in [0.717, 1.165) is 30.8 Å². The van der Waals surface area contributed by atoms with Gasteiger partial charge in [-0.05, 0) is 43.4 Å². The molecule has 1 aromatic carbocycles. The van der Waals surface area contributed by atoms with E-state index in [1.807, 2.05) is 0 Å². The number of benzene rings is 1. The highest BCUT2D eigenvalue weighted by Gasteiger charge is 2.13. The molecule has 1 heterocycles. The van der Waals surface area contributed by atoms with Crippen LogP contribution in [-0.2, 0) is 30.2 Å². The minimum absolute atomic E-state index is 0.0334. The summed E-state index contributed by atoms with van der Waals surface area (Å²) in [7, 11) is 0. The Balaban J connectivity index is 1.58. The Labute approximate surface area is 159 Å². The molecule has 1 atom stereocenters. The maximum absolute atomic E-state index is 11.4. The maximum atomic E-state index is 11.4. The van der Waals surface area contributed by atoms with Crippen molar-refractivity contribution in [1.82, 2.24) is 0 Å². The van der Waals surface area contributed by atoms with Crippen LogP contribution in [0.4, 0.5) is 0 Å². The predicted octanol–water partition coefficient (Wildman–Crippen LogP) is 3.78. The van der Waals surface area contributed by atoms with Crippen LogP contribution in [0.1, 0.15) is 44.6 Å². The number of rotatable bonds is 11. The molecule has 0 spiro atoms. The largest absolute Gasteiger partial charge is 0.464 e. The van der Waals surface area contributed by atoms with E-state index in [1.165, 1.54) is 12.0 Å². The van der Waals surface area contributed by atoms with Crippen molar-refractivity contribution < 1.29 is 23.8 Å². The fraction of sp³-hybridized carbons (Fsp3) is 0.600. The standard InChI is InChI=1S/C20H28O5S/c1-2-17(21)15-19(22)23-13-14-26-18-8-6-16(7-9-18)10-12-25-20-5-3-4-11-24-20/h6-9,20H,2-5,10-15H2,1H3. The third kappa shape index (κ3) is 8.34. The van der Waals surface area contributed by atoms with Crippen molar-refractivity contribution in [3.05, 3.63) is 29.8 Å². The van der Waals surface area contributed by atoms with Gasteiger partial charge in [-0.25, -0.2) is 0 Å². The molecule has 0 aliphatic carbocycles.